The van der Waals surface area contributed by atoms with E-state index in [0.717, 1.165) is 16.3 Å². The van der Waals surface area contributed by atoms with E-state index < -0.39 is 0 Å². The van der Waals surface area contributed by atoms with E-state index in [0.29, 0.717) is 42.0 Å². The Bertz CT molecular complexity index is 1550. The lowest BCUT2D eigenvalue weighted by Crippen LogP contribution is -2.28. The molecule has 1 amide bonds. The largest absolute Gasteiger partial charge is 0.496 e. The number of hydrogen-bond donors (Lipinski definition) is 1. The molecule has 1 N–H and O–H groups in total. The molecule has 0 bridgehead atoms. The Morgan fingerprint density at radius 1 is 1.00 bits per heavy atom. The number of carbonyl (C=O) groups excluding carboxylic acids is 1. The molecule has 8 heteroatoms. The smallest absolute Gasteiger partial charge is 0.264 e. The average molecular weight is 454 g/mol. The van der Waals surface area contributed by atoms with Crippen LogP contribution < -0.4 is 15.6 Å². The first-order valence-corrected chi connectivity index (χ1v) is 10.9. The Morgan fingerprint density at radius 2 is 1.79 bits per heavy atom. The minimum Gasteiger partial charge on any atom is -0.496 e. The first-order valence-electron chi connectivity index (χ1n) is 10.9. The van der Waals surface area contributed by atoms with Crippen LogP contribution in [0.1, 0.15) is 15.9 Å². The van der Waals surface area contributed by atoms with Crippen LogP contribution in [-0.4, -0.2) is 38.9 Å². The van der Waals surface area contributed by atoms with E-state index in [-0.39, 0.29) is 11.5 Å². The second kappa shape index (κ2) is 9.19. The maximum absolute atomic E-state index is 13.1. The average Bonchev–Trinajstić information content (AvgIpc) is 3.29. The van der Waals surface area contributed by atoms with E-state index in [1.165, 1.54) is 13.3 Å². The molecule has 0 saturated heterocycles. The summed E-state index contributed by atoms with van der Waals surface area (Å²) in [5.41, 5.74) is 1.85. The van der Waals surface area contributed by atoms with E-state index in [4.69, 9.17) is 4.74 Å². The molecule has 0 unspecified atom stereocenters. The molecule has 0 aliphatic rings. The Hall–Kier alpha value is -4.46. The molecule has 2 aromatic heterocycles. The van der Waals surface area contributed by atoms with Crippen LogP contribution in [0, 0.1) is 0 Å². The van der Waals surface area contributed by atoms with Gasteiger partial charge in [0.15, 0.2) is 5.65 Å². The summed E-state index contributed by atoms with van der Waals surface area (Å²) in [6, 6.07) is 21.2. The van der Waals surface area contributed by atoms with E-state index in [9.17, 15) is 9.59 Å². The summed E-state index contributed by atoms with van der Waals surface area (Å²) in [5.74, 6) is 0.275. The van der Waals surface area contributed by atoms with Crippen molar-refractivity contribution in [3.63, 3.8) is 0 Å². The van der Waals surface area contributed by atoms with Gasteiger partial charge in [-0.1, -0.05) is 54.6 Å². The van der Waals surface area contributed by atoms with E-state index in [2.05, 4.69) is 33.6 Å². The first kappa shape index (κ1) is 21.4. The second-order valence-corrected chi connectivity index (χ2v) is 7.88. The molecule has 3 aromatic carbocycles. The van der Waals surface area contributed by atoms with Crippen LogP contribution in [0.5, 0.6) is 5.75 Å². The number of carbonyl (C=O) groups is 1. The van der Waals surface area contributed by atoms with Crippen molar-refractivity contribution < 1.29 is 9.53 Å². The zero-order chi connectivity index (χ0) is 23.5. The van der Waals surface area contributed by atoms with Crippen LogP contribution in [0.3, 0.4) is 0 Å². The van der Waals surface area contributed by atoms with E-state index >= 15 is 0 Å². The minimum absolute atomic E-state index is 0.151. The molecule has 0 spiro atoms. The van der Waals surface area contributed by atoms with Gasteiger partial charge in [-0.05, 0) is 28.5 Å². The standard InChI is InChI=1S/C26H23N5O3/c1-34-23-12-5-4-11-21(23)25(32)27-13-14-31-24-22(15-29-31)26(33)30(17-28-24)16-19-9-6-8-18-7-2-3-10-20(18)19/h2-12,15,17H,13-14,16H2,1H3,(H,27,32). The van der Waals surface area contributed by atoms with Gasteiger partial charge in [-0.25, -0.2) is 9.67 Å². The van der Waals surface area contributed by atoms with Gasteiger partial charge in [-0.15, -0.1) is 0 Å². The maximum atomic E-state index is 13.1. The topological polar surface area (TPSA) is 91.0 Å². The van der Waals surface area contributed by atoms with Crippen molar-refractivity contribution >= 4 is 27.7 Å². The molecule has 170 valence electrons. The summed E-state index contributed by atoms with van der Waals surface area (Å²) in [5, 5.41) is 9.87. The third kappa shape index (κ3) is 4.01. The number of fused-ring (bicyclic) bond motifs is 2. The first-order chi connectivity index (χ1) is 16.7. The molecule has 0 fully saturated rings. The van der Waals surface area contributed by atoms with Gasteiger partial charge in [0.25, 0.3) is 11.5 Å². The zero-order valence-electron chi connectivity index (χ0n) is 18.6. The van der Waals surface area contributed by atoms with Gasteiger partial charge in [0.05, 0.1) is 32.0 Å². The van der Waals surface area contributed by atoms with Crippen LogP contribution in [0.25, 0.3) is 21.8 Å². The molecule has 34 heavy (non-hydrogen) atoms. The fourth-order valence-corrected chi connectivity index (χ4v) is 4.09. The van der Waals surface area contributed by atoms with Crippen molar-refractivity contribution in [1.29, 1.82) is 0 Å². The van der Waals surface area contributed by atoms with Crippen LogP contribution in [0.4, 0.5) is 0 Å². The van der Waals surface area contributed by atoms with Crippen molar-refractivity contribution in [1.82, 2.24) is 24.6 Å². The Balaban J connectivity index is 1.33. The molecule has 0 aliphatic carbocycles. The fourth-order valence-electron chi connectivity index (χ4n) is 4.09. The highest BCUT2D eigenvalue weighted by Gasteiger charge is 2.13. The summed E-state index contributed by atoms with van der Waals surface area (Å²) < 4.78 is 8.46. The summed E-state index contributed by atoms with van der Waals surface area (Å²) in [7, 11) is 1.53. The quantitative estimate of drug-likeness (QED) is 0.409. The Kier molecular flexibility index (Phi) is 5.78. The van der Waals surface area contributed by atoms with Crippen LogP contribution >= 0.6 is 0 Å². The highest BCUT2D eigenvalue weighted by atomic mass is 16.5. The second-order valence-electron chi connectivity index (χ2n) is 7.88. The lowest BCUT2D eigenvalue weighted by atomic mass is 10.0. The highest BCUT2D eigenvalue weighted by molar-refractivity contribution is 5.96. The number of ether oxygens (including phenoxy) is 1. The molecule has 0 saturated carbocycles. The zero-order valence-corrected chi connectivity index (χ0v) is 18.6. The number of nitrogens with one attached hydrogen (secondary N) is 1. The molecule has 5 aromatic rings. The highest BCUT2D eigenvalue weighted by Crippen LogP contribution is 2.19. The van der Waals surface area contributed by atoms with Gasteiger partial charge in [0.2, 0.25) is 0 Å². The number of amides is 1. The molecule has 8 nitrogen and oxygen atoms in total. The Labute approximate surface area is 195 Å². The van der Waals surface area contributed by atoms with Crippen molar-refractivity contribution in [2.75, 3.05) is 13.7 Å². The predicted octanol–water partition coefficient (Wildman–Crippen LogP) is 3.23. The van der Waals surface area contributed by atoms with Crippen molar-refractivity contribution in [3.05, 3.63) is 101 Å². The number of rotatable bonds is 7. The van der Waals surface area contributed by atoms with Crippen molar-refractivity contribution in [2.45, 2.75) is 13.1 Å². The van der Waals surface area contributed by atoms with Crippen LogP contribution in [0.15, 0.2) is 84.0 Å². The lowest BCUT2D eigenvalue weighted by molar-refractivity contribution is 0.0949. The summed E-state index contributed by atoms with van der Waals surface area (Å²) in [6.45, 7) is 1.13. The lowest BCUT2D eigenvalue weighted by Gasteiger charge is -2.10. The van der Waals surface area contributed by atoms with Crippen molar-refractivity contribution in [2.24, 2.45) is 0 Å². The normalized spacial score (nSPS) is 11.1. The van der Waals surface area contributed by atoms with E-state index in [1.807, 2.05) is 30.3 Å². The molecule has 2 heterocycles. The number of para-hydroxylation sites is 1. The monoisotopic (exact) mass is 453 g/mol. The van der Waals surface area contributed by atoms with Gasteiger partial charge in [0, 0.05) is 6.54 Å². The number of nitrogens with zero attached hydrogens (tertiary/aromatic N) is 4. The number of benzene rings is 3. The summed E-state index contributed by atoms with van der Waals surface area (Å²) >= 11 is 0. The molecule has 0 aliphatic heterocycles. The molecule has 0 radical (unpaired) electrons. The van der Waals surface area contributed by atoms with E-state index in [1.54, 1.807) is 33.8 Å². The third-order valence-electron chi connectivity index (χ3n) is 5.80. The van der Waals surface area contributed by atoms with Gasteiger partial charge in [-0.3, -0.25) is 14.2 Å². The van der Waals surface area contributed by atoms with Gasteiger partial charge >= 0.3 is 0 Å². The van der Waals surface area contributed by atoms with Crippen molar-refractivity contribution in [3.8, 4) is 5.75 Å². The Morgan fingerprint density at radius 3 is 2.68 bits per heavy atom. The summed E-state index contributed by atoms with van der Waals surface area (Å²) in [4.78, 5) is 30.1. The third-order valence-corrected chi connectivity index (χ3v) is 5.80. The SMILES string of the molecule is COc1ccccc1C(=O)NCCn1ncc2c(=O)n(Cc3cccc4ccccc34)cnc21. The van der Waals surface area contributed by atoms with Gasteiger partial charge < -0.3 is 10.1 Å². The number of methoxy groups -OCH3 is 1. The predicted molar refractivity (Wildman–Crippen MR) is 130 cm³/mol. The summed E-state index contributed by atoms with van der Waals surface area (Å²) in [6.07, 6.45) is 3.09. The minimum atomic E-state index is -0.237. The molecular weight excluding hydrogens is 430 g/mol. The maximum Gasteiger partial charge on any atom is 0.264 e. The molecule has 5 rings (SSSR count). The number of aromatic nitrogens is 4. The molecule has 0 atom stereocenters. The fraction of sp³-hybridized carbons (Fsp3) is 0.154. The van der Waals surface area contributed by atoms with Gasteiger partial charge in [0.1, 0.15) is 17.5 Å². The number of hydrogen-bond acceptors (Lipinski definition) is 5. The van der Waals surface area contributed by atoms with Crippen LogP contribution in [-0.2, 0) is 13.1 Å². The molecular formula is C26H23N5O3. The van der Waals surface area contributed by atoms with Crippen LogP contribution in [0.2, 0.25) is 0 Å². The van der Waals surface area contributed by atoms with Gasteiger partial charge in [-0.2, -0.15) is 5.10 Å².